The van der Waals surface area contributed by atoms with Gasteiger partial charge in [-0.05, 0) is 35.7 Å². The summed E-state index contributed by atoms with van der Waals surface area (Å²) in [5.41, 5.74) is 0.259. The number of halogens is 1. The summed E-state index contributed by atoms with van der Waals surface area (Å²) in [7, 11) is 0. The van der Waals surface area contributed by atoms with Gasteiger partial charge < -0.3 is 4.74 Å². The van der Waals surface area contributed by atoms with Crippen LogP contribution >= 0.6 is 15.9 Å². The zero-order valence-corrected chi connectivity index (χ0v) is 14.7. The predicted molar refractivity (Wildman–Crippen MR) is 95.5 cm³/mol. The van der Waals surface area contributed by atoms with Crippen molar-refractivity contribution in [1.29, 1.82) is 0 Å². The lowest BCUT2D eigenvalue weighted by molar-refractivity contribution is 0.144. The van der Waals surface area contributed by atoms with E-state index in [0.29, 0.717) is 0 Å². The number of fused-ring (bicyclic) bond motifs is 1. The molecule has 0 spiro atoms. The van der Waals surface area contributed by atoms with E-state index >= 15 is 0 Å². The van der Waals surface area contributed by atoms with Crippen LogP contribution in [0.15, 0.2) is 42.5 Å². The van der Waals surface area contributed by atoms with E-state index in [0.717, 1.165) is 17.7 Å². The number of rotatable bonds is 8. The summed E-state index contributed by atoms with van der Waals surface area (Å²) in [5, 5.41) is 3.51. The van der Waals surface area contributed by atoms with Crippen LogP contribution in [0.5, 0.6) is 5.75 Å². The van der Waals surface area contributed by atoms with Gasteiger partial charge in [0, 0.05) is 10.7 Å². The molecule has 0 bridgehead atoms. The van der Waals surface area contributed by atoms with Crippen molar-refractivity contribution in [2.24, 2.45) is 5.41 Å². The first-order valence-corrected chi connectivity index (χ1v) is 9.03. The van der Waals surface area contributed by atoms with E-state index in [-0.39, 0.29) is 5.41 Å². The average molecular weight is 349 g/mol. The van der Waals surface area contributed by atoms with Gasteiger partial charge in [0.2, 0.25) is 0 Å². The first-order chi connectivity index (χ1) is 10.2. The summed E-state index contributed by atoms with van der Waals surface area (Å²) in [6, 6.07) is 14.8. The Labute approximate surface area is 136 Å². The van der Waals surface area contributed by atoms with Crippen LogP contribution in [0.4, 0.5) is 0 Å². The lowest BCUT2D eigenvalue weighted by Crippen LogP contribution is -2.30. The molecule has 0 fully saturated rings. The van der Waals surface area contributed by atoms with Crippen LogP contribution in [0, 0.1) is 5.41 Å². The molecule has 0 aliphatic rings. The van der Waals surface area contributed by atoms with E-state index in [1.165, 1.54) is 36.5 Å². The van der Waals surface area contributed by atoms with Crippen molar-refractivity contribution in [3.8, 4) is 5.75 Å². The normalized spacial score (nSPS) is 11.8. The molecule has 2 aromatic rings. The maximum atomic E-state index is 6.15. The largest absolute Gasteiger partial charge is 0.493 e. The van der Waals surface area contributed by atoms with E-state index < -0.39 is 0 Å². The number of hydrogen-bond donors (Lipinski definition) is 0. The van der Waals surface area contributed by atoms with Crippen LogP contribution < -0.4 is 4.74 Å². The molecule has 0 aliphatic carbocycles. The van der Waals surface area contributed by atoms with Crippen LogP contribution in [0.2, 0.25) is 0 Å². The zero-order valence-electron chi connectivity index (χ0n) is 13.1. The minimum atomic E-state index is 0.259. The Kier molecular flexibility index (Phi) is 6.10. The van der Waals surface area contributed by atoms with E-state index in [9.17, 15) is 0 Å². The molecule has 0 amide bonds. The molecule has 0 heterocycles. The van der Waals surface area contributed by atoms with Gasteiger partial charge in [-0.1, -0.05) is 73.0 Å². The lowest BCUT2D eigenvalue weighted by Gasteiger charge is -2.31. The van der Waals surface area contributed by atoms with Gasteiger partial charge in [0.25, 0.3) is 0 Å². The second-order valence-electron chi connectivity index (χ2n) is 5.93. The van der Waals surface area contributed by atoms with Crippen molar-refractivity contribution in [2.45, 2.75) is 39.5 Å². The first kappa shape index (κ1) is 16.4. The Morgan fingerprint density at radius 2 is 1.62 bits per heavy atom. The molecule has 0 N–H and O–H groups in total. The van der Waals surface area contributed by atoms with Gasteiger partial charge in [-0.2, -0.15) is 0 Å². The number of benzene rings is 2. The molecule has 2 rings (SSSR count). The van der Waals surface area contributed by atoms with Gasteiger partial charge in [0.1, 0.15) is 5.75 Å². The quantitative estimate of drug-likeness (QED) is 0.516. The number of ether oxygens (including phenoxy) is 1. The topological polar surface area (TPSA) is 9.23 Å². The van der Waals surface area contributed by atoms with Gasteiger partial charge in [-0.15, -0.1) is 0 Å². The van der Waals surface area contributed by atoms with Crippen molar-refractivity contribution in [2.75, 3.05) is 11.9 Å². The molecule has 0 atom stereocenters. The summed E-state index contributed by atoms with van der Waals surface area (Å²) in [6.07, 6.45) is 4.82. The SMILES string of the molecule is CCCC(CBr)(CCC)COc1ccc2ccccc2c1. The van der Waals surface area contributed by atoms with Crippen LogP contribution in [0.25, 0.3) is 10.8 Å². The Hall–Kier alpha value is -1.02. The number of alkyl halides is 1. The fourth-order valence-corrected chi connectivity index (χ4v) is 3.72. The van der Waals surface area contributed by atoms with E-state index in [1.54, 1.807) is 0 Å². The van der Waals surface area contributed by atoms with Gasteiger partial charge >= 0.3 is 0 Å². The predicted octanol–water partition coefficient (Wildman–Crippen LogP) is 6.20. The molecule has 0 unspecified atom stereocenters. The van der Waals surface area contributed by atoms with Crippen LogP contribution in [-0.4, -0.2) is 11.9 Å². The Morgan fingerprint density at radius 1 is 0.952 bits per heavy atom. The third-order valence-corrected chi connectivity index (χ3v) is 5.30. The molecule has 0 radical (unpaired) electrons. The highest BCUT2D eigenvalue weighted by Crippen LogP contribution is 2.33. The van der Waals surface area contributed by atoms with Gasteiger partial charge in [0.05, 0.1) is 6.61 Å². The molecule has 0 saturated carbocycles. The highest BCUT2D eigenvalue weighted by Gasteiger charge is 2.28. The van der Waals surface area contributed by atoms with E-state index in [1.807, 2.05) is 0 Å². The van der Waals surface area contributed by atoms with Gasteiger partial charge in [-0.3, -0.25) is 0 Å². The van der Waals surface area contributed by atoms with Crippen molar-refractivity contribution in [1.82, 2.24) is 0 Å². The van der Waals surface area contributed by atoms with Gasteiger partial charge in [-0.25, -0.2) is 0 Å². The van der Waals surface area contributed by atoms with Crippen LogP contribution in [0.3, 0.4) is 0 Å². The van der Waals surface area contributed by atoms with Crippen molar-refractivity contribution < 1.29 is 4.74 Å². The molecule has 0 aromatic heterocycles. The Balaban J connectivity index is 2.11. The lowest BCUT2D eigenvalue weighted by atomic mass is 9.82. The summed E-state index contributed by atoms with van der Waals surface area (Å²) >= 11 is 3.71. The standard InChI is InChI=1S/C19H25BrO/c1-3-11-19(14-20,12-4-2)15-21-18-10-9-16-7-5-6-8-17(16)13-18/h5-10,13H,3-4,11-12,14-15H2,1-2H3. The summed E-state index contributed by atoms with van der Waals surface area (Å²) in [4.78, 5) is 0. The van der Waals surface area contributed by atoms with Gasteiger partial charge in [0.15, 0.2) is 0 Å². The zero-order chi connectivity index (χ0) is 15.1. The average Bonchev–Trinajstić information content (AvgIpc) is 2.53. The summed E-state index contributed by atoms with van der Waals surface area (Å²) in [6.45, 7) is 5.30. The van der Waals surface area contributed by atoms with Crippen LogP contribution in [0.1, 0.15) is 39.5 Å². The third kappa shape index (κ3) is 4.23. The fraction of sp³-hybridized carbons (Fsp3) is 0.474. The molecule has 0 aliphatic heterocycles. The minimum Gasteiger partial charge on any atom is -0.493 e. The van der Waals surface area contributed by atoms with Crippen molar-refractivity contribution in [3.05, 3.63) is 42.5 Å². The number of hydrogen-bond acceptors (Lipinski definition) is 1. The Morgan fingerprint density at radius 3 is 2.24 bits per heavy atom. The monoisotopic (exact) mass is 348 g/mol. The van der Waals surface area contributed by atoms with Crippen molar-refractivity contribution in [3.63, 3.8) is 0 Å². The molecular weight excluding hydrogens is 324 g/mol. The first-order valence-electron chi connectivity index (χ1n) is 7.90. The molecule has 2 aromatic carbocycles. The molecular formula is C19H25BrO. The van der Waals surface area contributed by atoms with E-state index in [4.69, 9.17) is 4.74 Å². The molecule has 114 valence electrons. The summed E-state index contributed by atoms with van der Waals surface area (Å²) < 4.78 is 6.15. The molecule has 2 heteroatoms. The minimum absolute atomic E-state index is 0.259. The maximum absolute atomic E-state index is 6.15. The van der Waals surface area contributed by atoms with E-state index in [2.05, 4.69) is 72.2 Å². The second-order valence-corrected chi connectivity index (χ2v) is 6.49. The maximum Gasteiger partial charge on any atom is 0.119 e. The van der Waals surface area contributed by atoms with Crippen LogP contribution in [-0.2, 0) is 0 Å². The van der Waals surface area contributed by atoms with Crippen molar-refractivity contribution >= 4 is 26.7 Å². The molecule has 1 nitrogen and oxygen atoms in total. The highest BCUT2D eigenvalue weighted by molar-refractivity contribution is 9.09. The smallest absolute Gasteiger partial charge is 0.119 e. The Bertz CT molecular complexity index is 558. The summed E-state index contributed by atoms with van der Waals surface area (Å²) in [5.74, 6) is 0.978. The third-order valence-electron chi connectivity index (χ3n) is 4.11. The molecule has 0 saturated heterocycles. The fourth-order valence-electron chi connectivity index (χ4n) is 3.00. The highest BCUT2D eigenvalue weighted by atomic mass is 79.9. The molecule has 21 heavy (non-hydrogen) atoms. The second kappa shape index (κ2) is 7.84.